The van der Waals surface area contributed by atoms with Crippen LogP contribution in [0.15, 0.2) is 27.1 Å². The lowest BCUT2D eigenvalue weighted by molar-refractivity contribution is -0.138. The molecule has 0 spiro atoms. The summed E-state index contributed by atoms with van der Waals surface area (Å²) in [4.78, 5) is 11.1. The molecule has 0 aliphatic heterocycles. The standard InChI is InChI=1S/C9H8Br2O3/c1-13-5-9(12)14-8-3-2-6(10)4-7(8)11/h2-4H,5H2,1H3. The van der Waals surface area contributed by atoms with Gasteiger partial charge >= 0.3 is 5.97 Å². The zero-order valence-electron chi connectivity index (χ0n) is 7.42. The maximum absolute atomic E-state index is 11.1. The number of rotatable bonds is 3. The first-order valence-corrected chi connectivity index (χ1v) is 5.36. The fraction of sp³-hybridized carbons (Fsp3) is 0.222. The first kappa shape index (κ1) is 11.7. The van der Waals surface area contributed by atoms with Gasteiger partial charge in [0.15, 0.2) is 0 Å². The molecule has 1 rings (SSSR count). The normalized spacial score (nSPS) is 9.93. The lowest BCUT2D eigenvalue weighted by atomic mass is 10.3. The monoisotopic (exact) mass is 322 g/mol. The van der Waals surface area contributed by atoms with E-state index in [4.69, 9.17) is 4.74 Å². The number of carbonyl (C=O) groups is 1. The molecule has 0 unspecified atom stereocenters. The highest BCUT2D eigenvalue weighted by Crippen LogP contribution is 2.28. The molecule has 1 aromatic carbocycles. The third-order valence-corrected chi connectivity index (χ3v) is 2.49. The van der Waals surface area contributed by atoms with E-state index < -0.39 is 5.97 Å². The summed E-state index contributed by atoms with van der Waals surface area (Å²) in [6.45, 7) is -0.0531. The molecule has 0 radical (unpaired) electrons. The number of hydrogen-bond donors (Lipinski definition) is 0. The van der Waals surface area contributed by atoms with Crippen molar-refractivity contribution in [2.24, 2.45) is 0 Å². The lowest BCUT2D eigenvalue weighted by Gasteiger charge is -2.05. The minimum absolute atomic E-state index is 0.0531. The van der Waals surface area contributed by atoms with E-state index in [1.165, 1.54) is 7.11 Å². The third-order valence-electron chi connectivity index (χ3n) is 1.38. The molecule has 0 saturated carbocycles. The summed E-state index contributed by atoms with van der Waals surface area (Å²) >= 11 is 6.58. The average Bonchev–Trinajstić information content (AvgIpc) is 2.10. The number of carbonyl (C=O) groups excluding carboxylic acids is 1. The van der Waals surface area contributed by atoms with Crippen LogP contribution < -0.4 is 4.74 Å². The van der Waals surface area contributed by atoms with Gasteiger partial charge < -0.3 is 9.47 Å². The van der Waals surface area contributed by atoms with Crippen molar-refractivity contribution in [3.05, 3.63) is 27.1 Å². The minimum atomic E-state index is -0.421. The first-order valence-electron chi connectivity index (χ1n) is 3.78. The molecule has 1 aromatic rings. The van der Waals surface area contributed by atoms with E-state index in [9.17, 15) is 4.79 Å². The summed E-state index contributed by atoms with van der Waals surface area (Å²) in [5.41, 5.74) is 0. The highest BCUT2D eigenvalue weighted by molar-refractivity contribution is 9.11. The summed E-state index contributed by atoms with van der Waals surface area (Å²) in [6.07, 6.45) is 0. The Balaban J connectivity index is 2.72. The van der Waals surface area contributed by atoms with Crippen LogP contribution in [-0.2, 0) is 9.53 Å². The molecule has 0 aliphatic rings. The number of ether oxygens (including phenoxy) is 2. The van der Waals surface area contributed by atoms with Gasteiger partial charge in [-0.1, -0.05) is 15.9 Å². The molecule has 0 N–H and O–H groups in total. The molecule has 0 aromatic heterocycles. The Morgan fingerprint density at radius 1 is 1.43 bits per heavy atom. The molecule has 0 atom stereocenters. The molecule has 14 heavy (non-hydrogen) atoms. The topological polar surface area (TPSA) is 35.5 Å². The molecule has 0 aliphatic carbocycles. The Labute approximate surface area is 98.6 Å². The maximum Gasteiger partial charge on any atom is 0.337 e. The molecule has 3 nitrogen and oxygen atoms in total. The Bertz CT molecular complexity index is 339. The third kappa shape index (κ3) is 3.40. The van der Waals surface area contributed by atoms with Crippen LogP contribution in [0.3, 0.4) is 0 Å². The van der Waals surface area contributed by atoms with Gasteiger partial charge in [-0.25, -0.2) is 4.79 Å². The van der Waals surface area contributed by atoms with Crippen LogP contribution in [0, 0.1) is 0 Å². The van der Waals surface area contributed by atoms with Crippen molar-refractivity contribution < 1.29 is 14.3 Å². The largest absolute Gasteiger partial charge is 0.424 e. The molecule has 76 valence electrons. The van der Waals surface area contributed by atoms with Gasteiger partial charge in [-0.3, -0.25) is 0 Å². The van der Waals surface area contributed by atoms with Crippen LogP contribution in [-0.4, -0.2) is 19.7 Å². The van der Waals surface area contributed by atoms with E-state index in [-0.39, 0.29) is 6.61 Å². The van der Waals surface area contributed by atoms with Crippen molar-refractivity contribution in [1.29, 1.82) is 0 Å². The van der Waals surface area contributed by atoms with Crippen LogP contribution in [0.5, 0.6) is 5.75 Å². The molecule has 0 bridgehead atoms. The average molecular weight is 324 g/mol. The van der Waals surface area contributed by atoms with Gasteiger partial charge in [0.05, 0.1) is 4.47 Å². The summed E-state index contributed by atoms with van der Waals surface area (Å²) in [7, 11) is 1.44. The van der Waals surface area contributed by atoms with Crippen molar-refractivity contribution in [1.82, 2.24) is 0 Å². The molecule has 0 saturated heterocycles. The predicted octanol–water partition coefficient (Wildman–Crippen LogP) is 2.76. The van der Waals surface area contributed by atoms with Crippen LogP contribution in [0.2, 0.25) is 0 Å². The van der Waals surface area contributed by atoms with E-state index in [1.807, 2.05) is 0 Å². The smallest absolute Gasteiger partial charge is 0.337 e. The highest BCUT2D eigenvalue weighted by Gasteiger charge is 2.07. The van der Waals surface area contributed by atoms with Gasteiger partial charge in [0, 0.05) is 11.6 Å². The van der Waals surface area contributed by atoms with Crippen LogP contribution in [0.25, 0.3) is 0 Å². The van der Waals surface area contributed by atoms with Crippen LogP contribution in [0.4, 0.5) is 0 Å². The lowest BCUT2D eigenvalue weighted by Crippen LogP contribution is -2.14. The molecule has 0 amide bonds. The van der Waals surface area contributed by atoms with Crippen molar-refractivity contribution in [3.63, 3.8) is 0 Å². The number of methoxy groups -OCH3 is 1. The van der Waals surface area contributed by atoms with Gasteiger partial charge in [0.1, 0.15) is 12.4 Å². The minimum Gasteiger partial charge on any atom is -0.424 e. The SMILES string of the molecule is COCC(=O)Oc1ccc(Br)cc1Br. The zero-order chi connectivity index (χ0) is 10.6. The van der Waals surface area contributed by atoms with Gasteiger partial charge in [-0.15, -0.1) is 0 Å². The van der Waals surface area contributed by atoms with Crippen LogP contribution in [0.1, 0.15) is 0 Å². The van der Waals surface area contributed by atoms with E-state index in [0.29, 0.717) is 5.75 Å². The number of hydrogen-bond acceptors (Lipinski definition) is 3. The molecule has 5 heteroatoms. The predicted molar refractivity (Wildman–Crippen MR) is 59.4 cm³/mol. The number of halogens is 2. The van der Waals surface area contributed by atoms with E-state index in [2.05, 4.69) is 36.6 Å². The highest BCUT2D eigenvalue weighted by atomic mass is 79.9. The maximum atomic E-state index is 11.1. The van der Waals surface area contributed by atoms with E-state index in [1.54, 1.807) is 18.2 Å². The van der Waals surface area contributed by atoms with E-state index >= 15 is 0 Å². The Morgan fingerprint density at radius 3 is 2.71 bits per heavy atom. The van der Waals surface area contributed by atoms with Crippen molar-refractivity contribution in [2.45, 2.75) is 0 Å². The van der Waals surface area contributed by atoms with Crippen LogP contribution >= 0.6 is 31.9 Å². The second-order valence-corrected chi connectivity index (χ2v) is 4.25. The Kier molecular flexibility index (Phi) is 4.57. The molecular formula is C9H8Br2O3. The second kappa shape index (κ2) is 5.48. The van der Waals surface area contributed by atoms with Gasteiger partial charge in [0.25, 0.3) is 0 Å². The quantitative estimate of drug-likeness (QED) is 0.634. The summed E-state index contributed by atoms with van der Waals surface area (Å²) in [5.74, 6) is 0.0609. The number of benzene rings is 1. The molecule has 0 heterocycles. The Hall–Kier alpha value is -0.390. The fourth-order valence-electron chi connectivity index (χ4n) is 0.828. The summed E-state index contributed by atoms with van der Waals surface area (Å²) in [6, 6.07) is 5.29. The molecular weight excluding hydrogens is 316 g/mol. The van der Waals surface area contributed by atoms with Crippen molar-refractivity contribution in [3.8, 4) is 5.75 Å². The summed E-state index contributed by atoms with van der Waals surface area (Å²) in [5, 5.41) is 0. The second-order valence-electron chi connectivity index (χ2n) is 2.48. The number of esters is 1. The van der Waals surface area contributed by atoms with Gasteiger partial charge in [0.2, 0.25) is 0 Å². The van der Waals surface area contributed by atoms with Gasteiger partial charge in [-0.2, -0.15) is 0 Å². The van der Waals surface area contributed by atoms with Crippen molar-refractivity contribution in [2.75, 3.05) is 13.7 Å². The molecule has 0 fully saturated rings. The van der Waals surface area contributed by atoms with Crippen molar-refractivity contribution >= 4 is 37.8 Å². The van der Waals surface area contributed by atoms with Gasteiger partial charge in [-0.05, 0) is 34.1 Å². The fourth-order valence-corrected chi connectivity index (χ4v) is 1.96. The van der Waals surface area contributed by atoms with E-state index in [0.717, 1.165) is 8.95 Å². The zero-order valence-corrected chi connectivity index (χ0v) is 10.6. The summed E-state index contributed by atoms with van der Waals surface area (Å²) < 4.78 is 11.3. The first-order chi connectivity index (χ1) is 6.63. The Morgan fingerprint density at radius 2 is 2.14 bits per heavy atom.